The topological polar surface area (TPSA) is 72.6 Å². The van der Waals surface area contributed by atoms with E-state index in [0.29, 0.717) is 18.7 Å². The normalized spacial score (nSPS) is 20.0. The third-order valence-corrected chi connectivity index (χ3v) is 7.32. The van der Waals surface area contributed by atoms with Crippen molar-refractivity contribution in [1.29, 1.82) is 0 Å². The van der Waals surface area contributed by atoms with Crippen molar-refractivity contribution in [2.75, 3.05) is 19.6 Å². The number of primary amides is 1. The van der Waals surface area contributed by atoms with Gasteiger partial charge in [-0.1, -0.05) is 60.7 Å². The molecule has 5 heteroatoms. The van der Waals surface area contributed by atoms with Gasteiger partial charge in [0.05, 0.1) is 6.54 Å². The van der Waals surface area contributed by atoms with Crippen LogP contribution in [0.1, 0.15) is 40.4 Å². The van der Waals surface area contributed by atoms with Crippen LogP contribution >= 0.6 is 0 Å². The van der Waals surface area contributed by atoms with E-state index in [4.69, 9.17) is 10.5 Å². The highest BCUT2D eigenvalue weighted by atomic mass is 16.5. The van der Waals surface area contributed by atoms with Crippen molar-refractivity contribution >= 4 is 11.7 Å². The second-order valence-corrected chi connectivity index (χ2v) is 9.50. The van der Waals surface area contributed by atoms with E-state index >= 15 is 0 Å². The molecule has 0 radical (unpaired) electrons. The largest absolute Gasteiger partial charge is 0.490 e. The van der Waals surface area contributed by atoms with E-state index in [1.54, 1.807) is 0 Å². The summed E-state index contributed by atoms with van der Waals surface area (Å²) in [5.41, 5.74) is 8.85. The van der Waals surface area contributed by atoms with Crippen molar-refractivity contribution in [3.05, 3.63) is 101 Å². The number of carbonyl (C=O) groups is 2. The Hall–Kier alpha value is -3.44. The smallest absolute Gasteiger partial charge is 0.232 e. The Labute approximate surface area is 200 Å². The van der Waals surface area contributed by atoms with Gasteiger partial charge in [0.2, 0.25) is 5.91 Å². The second-order valence-electron chi connectivity index (χ2n) is 9.50. The zero-order valence-corrected chi connectivity index (χ0v) is 19.4. The summed E-state index contributed by atoms with van der Waals surface area (Å²) in [6.07, 6.45) is 1.77. The molecule has 5 rings (SSSR count). The number of benzene rings is 3. The third kappa shape index (κ3) is 3.90. The number of hydrogen-bond donors (Lipinski definition) is 1. The Morgan fingerprint density at radius 1 is 1.00 bits per heavy atom. The van der Waals surface area contributed by atoms with Crippen molar-refractivity contribution in [3.63, 3.8) is 0 Å². The maximum absolute atomic E-state index is 13.2. The van der Waals surface area contributed by atoms with Crippen LogP contribution < -0.4 is 10.5 Å². The van der Waals surface area contributed by atoms with Gasteiger partial charge in [0.15, 0.2) is 5.78 Å². The molecule has 1 amide bonds. The van der Waals surface area contributed by atoms with Gasteiger partial charge in [-0.2, -0.15) is 0 Å². The number of fused-ring (bicyclic) bond motifs is 1. The van der Waals surface area contributed by atoms with Crippen LogP contribution in [0.5, 0.6) is 5.75 Å². The second kappa shape index (κ2) is 9.07. The number of nitrogens with two attached hydrogens (primary N) is 1. The number of amides is 1. The average Bonchev–Trinajstić information content (AvgIpc) is 3.46. The van der Waals surface area contributed by atoms with E-state index in [9.17, 15) is 9.59 Å². The first-order chi connectivity index (χ1) is 16.5. The van der Waals surface area contributed by atoms with Crippen LogP contribution in [-0.2, 0) is 16.6 Å². The molecule has 3 aromatic rings. The summed E-state index contributed by atoms with van der Waals surface area (Å²) in [5.74, 6) is 0.585. The molecule has 0 aliphatic carbocycles. The molecule has 0 saturated carbocycles. The fourth-order valence-electron chi connectivity index (χ4n) is 5.75. The first-order valence-electron chi connectivity index (χ1n) is 11.9. The number of hydrogen-bond acceptors (Lipinski definition) is 4. The van der Waals surface area contributed by atoms with Gasteiger partial charge < -0.3 is 10.5 Å². The number of ketones is 1. The van der Waals surface area contributed by atoms with Crippen molar-refractivity contribution in [1.82, 2.24) is 4.90 Å². The van der Waals surface area contributed by atoms with E-state index in [0.717, 1.165) is 41.8 Å². The number of carbonyl (C=O) groups excluding carboxylic acids is 2. The number of ether oxygens (including phenoxy) is 1. The van der Waals surface area contributed by atoms with E-state index in [2.05, 4.69) is 4.90 Å². The lowest BCUT2D eigenvalue weighted by Gasteiger charge is -2.37. The summed E-state index contributed by atoms with van der Waals surface area (Å²) < 4.78 is 5.77. The van der Waals surface area contributed by atoms with Crippen LogP contribution in [0.25, 0.3) is 0 Å². The molecule has 3 aromatic carbocycles. The minimum Gasteiger partial charge on any atom is -0.490 e. The standard InChI is InChI=1S/C29H30N2O3/c1-20-16-22-17-21(12-13-27(22)34-20)26(32)19-31-15-14-25(18-31)29(28(30)33,23-8-4-2-5-9-23)24-10-6-3-7-11-24/h2-13,17,20,25H,14-16,18-19H2,1H3,(H2,30,33). The molecule has 2 aliphatic rings. The van der Waals surface area contributed by atoms with Gasteiger partial charge >= 0.3 is 0 Å². The molecule has 174 valence electrons. The number of nitrogens with zero attached hydrogens (tertiary/aromatic N) is 1. The highest BCUT2D eigenvalue weighted by Gasteiger charge is 2.49. The third-order valence-electron chi connectivity index (χ3n) is 7.32. The Kier molecular flexibility index (Phi) is 5.96. The lowest BCUT2D eigenvalue weighted by atomic mass is 9.64. The molecule has 5 nitrogen and oxygen atoms in total. The van der Waals surface area contributed by atoms with Crippen LogP contribution in [0.3, 0.4) is 0 Å². The summed E-state index contributed by atoms with van der Waals surface area (Å²) in [4.78, 5) is 28.5. The molecule has 0 bridgehead atoms. The van der Waals surface area contributed by atoms with E-state index in [1.807, 2.05) is 85.8 Å². The maximum Gasteiger partial charge on any atom is 0.232 e. The molecule has 2 atom stereocenters. The molecule has 2 heterocycles. The van der Waals surface area contributed by atoms with E-state index < -0.39 is 5.41 Å². The number of rotatable bonds is 7. The molecule has 2 unspecified atom stereocenters. The molecular formula is C29H30N2O3. The van der Waals surface area contributed by atoms with Gasteiger partial charge in [0.1, 0.15) is 17.3 Å². The molecule has 34 heavy (non-hydrogen) atoms. The fourth-order valence-corrected chi connectivity index (χ4v) is 5.75. The van der Waals surface area contributed by atoms with Crippen LogP contribution in [0.15, 0.2) is 78.9 Å². The Morgan fingerprint density at radius 3 is 2.26 bits per heavy atom. The number of likely N-dealkylation sites (tertiary alicyclic amines) is 1. The van der Waals surface area contributed by atoms with Gasteiger partial charge in [0.25, 0.3) is 0 Å². The molecule has 0 spiro atoms. The van der Waals surface area contributed by atoms with Crippen molar-refractivity contribution in [2.45, 2.75) is 31.3 Å². The predicted molar refractivity (Wildman–Crippen MR) is 132 cm³/mol. The van der Waals surface area contributed by atoms with E-state index in [1.165, 1.54) is 0 Å². The van der Waals surface area contributed by atoms with Gasteiger partial charge in [-0.05, 0) is 60.7 Å². The lowest BCUT2D eigenvalue weighted by Crippen LogP contribution is -2.49. The number of Topliss-reactive ketones (excluding diaryl/α,β-unsaturated/α-hetero) is 1. The first-order valence-corrected chi connectivity index (χ1v) is 11.9. The Bertz CT molecular complexity index is 1150. The summed E-state index contributed by atoms with van der Waals surface area (Å²) in [6, 6.07) is 25.4. The molecule has 1 saturated heterocycles. The summed E-state index contributed by atoms with van der Waals surface area (Å²) in [7, 11) is 0. The highest BCUT2D eigenvalue weighted by molar-refractivity contribution is 5.98. The SMILES string of the molecule is CC1Cc2cc(C(=O)CN3CCC(C(C(N)=O)(c4ccccc4)c4ccccc4)C3)ccc2O1. The lowest BCUT2D eigenvalue weighted by molar-refractivity contribution is -0.123. The molecule has 1 fully saturated rings. The summed E-state index contributed by atoms with van der Waals surface area (Å²) in [5, 5.41) is 0. The van der Waals surface area contributed by atoms with Crippen molar-refractivity contribution in [2.24, 2.45) is 11.7 Å². The minimum absolute atomic E-state index is 0.0307. The summed E-state index contributed by atoms with van der Waals surface area (Å²) in [6.45, 7) is 3.74. The Balaban J connectivity index is 1.40. The van der Waals surface area contributed by atoms with Gasteiger partial charge in [-0.25, -0.2) is 0 Å². The van der Waals surface area contributed by atoms with Crippen LogP contribution in [0.4, 0.5) is 0 Å². The average molecular weight is 455 g/mol. The van der Waals surface area contributed by atoms with Crippen molar-refractivity contribution < 1.29 is 14.3 Å². The van der Waals surface area contributed by atoms with Gasteiger partial charge in [0, 0.05) is 18.5 Å². The zero-order chi connectivity index (χ0) is 23.7. The quantitative estimate of drug-likeness (QED) is 0.548. The van der Waals surface area contributed by atoms with Crippen LogP contribution in [0.2, 0.25) is 0 Å². The monoisotopic (exact) mass is 454 g/mol. The maximum atomic E-state index is 13.2. The Morgan fingerprint density at radius 2 is 1.65 bits per heavy atom. The fraction of sp³-hybridized carbons (Fsp3) is 0.310. The van der Waals surface area contributed by atoms with Crippen LogP contribution in [-0.4, -0.2) is 42.3 Å². The minimum atomic E-state index is -0.943. The first kappa shape index (κ1) is 22.4. The van der Waals surface area contributed by atoms with Gasteiger partial charge in [-0.15, -0.1) is 0 Å². The van der Waals surface area contributed by atoms with Gasteiger partial charge in [-0.3, -0.25) is 14.5 Å². The van der Waals surface area contributed by atoms with Crippen LogP contribution in [0, 0.1) is 5.92 Å². The molecular weight excluding hydrogens is 424 g/mol. The molecule has 2 aliphatic heterocycles. The summed E-state index contributed by atoms with van der Waals surface area (Å²) >= 11 is 0. The zero-order valence-electron chi connectivity index (χ0n) is 19.4. The molecule has 0 aromatic heterocycles. The predicted octanol–water partition coefficient (Wildman–Crippen LogP) is 3.99. The van der Waals surface area contributed by atoms with E-state index in [-0.39, 0.29) is 23.7 Å². The highest BCUT2D eigenvalue weighted by Crippen LogP contribution is 2.43. The molecule has 2 N–H and O–H groups in total. The van der Waals surface area contributed by atoms with Crippen molar-refractivity contribution in [3.8, 4) is 5.75 Å².